The summed E-state index contributed by atoms with van der Waals surface area (Å²) >= 11 is 4.64. The van der Waals surface area contributed by atoms with Crippen molar-refractivity contribution in [2.45, 2.75) is 25.8 Å². The van der Waals surface area contributed by atoms with Crippen LogP contribution in [0.2, 0.25) is 0 Å². The molecule has 0 spiro atoms. The lowest BCUT2D eigenvalue weighted by molar-refractivity contribution is 0.0970. The zero-order valence-electron chi connectivity index (χ0n) is 17.1. The van der Waals surface area contributed by atoms with Crippen LogP contribution in [0.5, 0.6) is 5.75 Å². The number of halogens is 1. The topological polar surface area (TPSA) is 85.5 Å². The van der Waals surface area contributed by atoms with Gasteiger partial charge in [0, 0.05) is 4.47 Å². The highest BCUT2D eigenvalue weighted by molar-refractivity contribution is 9.10. The molecule has 5 rings (SSSR count). The zero-order valence-corrected chi connectivity index (χ0v) is 19.5. The van der Waals surface area contributed by atoms with Crippen LogP contribution >= 0.6 is 27.3 Å². The average Bonchev–Trinajstić information content (AvgIpc) is 3.41. The number of hydrogen-bond acceptors (Lipinski definition) is 7. The number of rotatable bonds is 6. The van der Waals surface area contributed by atoms with E-state index >= 15 is 0 Å². The van der Waals surface area contributed by atoms with Crippen LogP contribution in [0.25, 0.3) is 11.0 Å². The number of carbonyl (C=O) groups excluding carboxylic acids is 1. The summed E-state index contributed by atoms with van der Waals surface area (Å²) in [5.74, 6) is 0.297. The molecule has 1 aliphatic rings. The summed E-state index contributed by atoms with van der Waals surface area (Å²) in [6.07, 6.45) is 1.97. The summed E-state index contributed by atoms with van der Waals surface area (Å²) in [4.78, 5) is 28.5. The third-order valence-electron chi connectivity index (χ3n) is 5.33. The number of anilines is 1. The Kier molecular flexibility index (Phi) is 5.52. The number of benzene rings is 2. The fourth-order valence-corrected chi connectivity index (χ4v) is 4.78. The van der Waals surface area contributed by atoms with Crippen LogP contribution in [-0.4, -0.2) is 22.7 Å². The Morgan fingerprint density at radius 2 is 2.09 bits per heavy atom. The van der Waals surface area contributed by atoms with Gasteiger partial charge in [0.1, 0.15) is 16.8 Å². The van der Waals surface area contributed by atoms with Crippen LogP contribution in [0.3, 0.4) is 0 Å². The van der Waals surface area contributed by atoms with Gasteiger partial charge in [0.15, 0.2) is 5.43 Å². The van der Waals surface area contributed by atoms with Crippen molar-refractivity contribution in [3.05, 3.63) is 79.6 Å². The highest BCUT2D eigenvalue weighted by atomic mass is 79.9. The van der Waals surface area contributed by atoms with Gasteiger partial charge in [-0.25, -0.2) is 0 Å². The Hall–Kier alpha value is -3.04. The summed E-state index contributed by atoms with van der Waals surface area (Å²) in [6.45, 7) is 2.70. The SMILES string of the molecule is CCCCOc1cccc(C2c3c(oc4ccc(Br)cc4c3=O)C(=O)N2c2nncs2)c1. The monoisotopic (exact) mass is 511 g/mol. The molecule has 0 saturated carbocycles. The number of amides is 1. The van der Waals surface area contributed by atoms with Gasteiger partial charge in [-0.1, -0.05) is 52.7 Å². The lowest BCUT2D eigenvalue weighted by Crippen LogP contribution is -2.29. The highest BCUT2D eigenvalue weighted by Gasteiger charge is 2.45. The van der Waals surface area contributed by atoms with Gasteiger partial charge in [-0.05, 0) is 42.3 Å². The first-order chi connectivity index (χ1) is 15.6. The average molecular weight is 512 g/mol. The van der Waals surface area contributed by atoms with Gasteiger partial charge >= 0.3 is 0 Å². The van der Waals surface area contributed by atoms with Crippen LogP contribution in [-0.2, 0) is 0 Å². The lowest BCUT2D eigenvalue weighted by Gasteiger charge is -2.22. The molecule has 1 atom stereocenters. The minimum Gasteiger partial charge on any atom is -0.494 e. The number of fused-ring (bicyclic) bond motifs is 2. The van der Waals surface area contributed by atoms with Crippen LogP contribution in [0.4, 0.5) is 5.13 Å². The molecule has 0 saturated heterocycles. The number of carbonyl (C=O) groups is 1. The molecule has 0 radical (unpaired) electrons. The summed E-state index contributed by atoms with van der Waals surface area (Å²) in [5.41, 5.74) is 2.70. The molecule has 0 fully saturated rings. The Balaban J connectivity index is 1.71. The fraction of sp³-hybridized carbons (Fsp3) is 0.217. The predicted molar refractivity (Wildman–Crippen MR) is 126 cm³/mol. The predicted octanol–water partition coefficient (Wildman–Crippen LogP) is 5.34. The molecule has 4 aromatic rings. The minimum absolute atomic E-state index is 0.0299. The van der Waals surface area contributed by atoms with E-state index in [2.05, 4.69) is 33.1 Å². The quantitative estimate of drug-likeness (QED) is 0.325. The maximum atomic E-state index is 13.6. The second-order valence-electron chi connectivity index (χ2n) is 7.39. The molecule has 0 bridgehead atoms. The van der Waals surface area contributed by atoms with Crippen LogP contribution in [0, 0.1) is 0 Å². The molecule has 2 aromatic heterocycles. The van der Waals surface area contributed by atoms with Crippen LogP contribution in [0.15, 0.2) is 61.7 Å². The molecule has 162 valence electrons. The summed E-state index contributed by atoms with van der Waals surface area (Å²) < 4.78 is 12.6. The number of aromatic nitrogens is 2. The smallest absolute Gasteiger partial charge is 0.297 e. The standard InChI is InChI=1S/C23H18BrN3O4S/c1-2-3-9-30-15-6-4-5-13(10-15)19-18-20(28)16-11-14(24)7-8-17(16)31-21(18)22(29)27(19)23-26-25-12-32-23/h4-8,10-12,19H,2-3,9H2,1H3. The van der Waals surface area contributed by atoms with E-state index in [0.717, 1.165) is 22.9 Å². The minimum atomic E-state index is -0.695. The lowest BCUT2D eigenvalue weighted by atomic mass is 9.98. The van der Waals surface area contributed by atoms with Crippen molar-refractivity contribution < 1.29 is 13.9 Å². The van der Waals surface area contributed by atoms with E-state index in [1.807, 2.05) is 24.3 Å². The summed E-state index contributed by atoms with van der Waals surface area (Å²) in [5, 5.41) is 8.78. The van der Waals surface area contributed by atoms with Gasteiger partial charge in [0.05, 0.1) is 23.6 Å². The summed E-state index contributed by atoms with van der Waals surface area (Å²) in [7, 11) is 0. The van der Waals surface area contributed by atoms with Gasteiger partial charge in [0.25, 0.3) is 5.91 Å². The molecule has 1 aliphatic heterocycles. The Morgan fingerprint density at radius 3 is 2.88 bits per heavy atom. The van der Waals surface area contributed by atoms with E-state index in [0.29, 0.717) is 34.0 Å². The van der Waals surface area contributed by atoms with Crippen LogP contribution in [0.1, 0.15) is 47.5 Å². The van der Waals surface area contributed by atoms with E-state index < -0.39 is 11.9 Å². The third-order valence-corrected chi connectivity index (χ3v) is 6.51. The first kappa shape index (κ1) is 20.8. The molecule has 9 heteroatoms. The molecule has 1 unspecified atom stereocenters. The van der Waals surface area contributed by atoms with Crippen molar-refractivity contribution >= 4 is 49.3 Å². The second-order valence-corrected chi connectivity index (χ2v) is 9.12. The van der Waals surface area contributed by atoms with Crippen molar-refractivity contribution in [1.82, 2.24) is 10.2 Å². The first-order valence-electron chi connectivity index (χ1n) is 10.2. The summed E-state index contributed by atoms with van der Waals surface area (Å²) in [6, 6.07) is 11.9. The van der Waals surface area contributed by atoms with E-state index in [1.165, 1.54) is 16.2 Å². The Bertz CT molecular complexity index is 1370. The van der Waals surface area contributed by atoms with E-state index in [1.54, 1.807) is 23.7 Å². The third kappa shape index (κ3) is 3.51. The van der Waals surface area contributed by atoms with Gasteiger partial charge in [-0.3, -0.25) is 14.5 Å². The fourth-order valence-electron chi connectivity index (χ4n) is 3.84. The van der Waals surface area contributed by atoms with Crippen molar-refractivity contribution in [3.8, 4) is 5.75 Å². The van der Waals surface area contributed by atoms with Gasteiger partial charge in [-0.15, -0.1) is 10.2 Å². The zero-order chi connectivity index (χ0) is 22.2. The molecule has 32 heavy (non-hydrogen) atoms. The van der Waals surface area contributed by atoms with E-state index in [-0.39, 0.29) is 11.2 Å². The van der Waals surface area contributed by atoms with Crippen molar-refractivity contribution in [2.75, 3.05) is 11.5 Å². The molecule has 3 heterocycles. The van der Waals surface area contributed by atoms with E-state index in [9.17, 15) is 9.59 Å². The maximum Gasteiger partial charge on any atom is 0.297 e. The molecular formula is C23H18BrN3O4S. The van der Waals surface area contributed by atoms with Crippen molar-refractivity contribution in [2.24, 2.45) is 0 Å². The molecule has 0 aliphatic carbocycles. The number of unbranched alkanes of at least 4 members (excludes halogenated alkanes) is 1. The van der Waals surface area contributed by atoms with Crippen molar-refractivity contribution in [3.63, 3.8) is 0 Å². The largest absolute Gasteiger partial charge is 0.494 e. The first-order valence-corrected chi connectivity index (χ1v) is 11.8. The number of hydrogen-bond donors (Lipinski definition) is 0. The molecule has 1 amide bonds. The Labute approximate surface area is 195 Å². The van der Waals surface area contributed by atoms with Gasteiger partial charge in [-0.2, -0.15) is 0 Å². The number of ether oxygens (including phenoxy) is 1. The number of nitrogens with zero attached hydrogens (tertiary/aromatic N) is 3. The van der Waals surface area contributed by atoms with Crippen LogP contribution < -0.4 is 15.1 Å². The molecule has 2 aromatic carbocycles. The molecule has 0 N–H and O–H groups in total. The second kappa shape index (κ2) is 8.48. The van der Waals surface area contributed by atoms with Gasteiger partial charge < -0.3 is 9.15 Å². The Morgan fingerprint density at radius 1 is 1.22 bits per heavy atom. The van der Waals surface area contributed by atoms with E-state index in [4.69, 9.17) is 9.15 Å². The highest BCUT2D eigenvalue weighted by Crippen LogP contribution is 2.42. The molecular weight excluding hydrogens is 494 g/mol. The maximum absolute atomic E-state index is 13.6. The normalized spacial score (nSPS) is 15.4. The van der Waals surface area contributed by atoms with Crippen molar-refractivity contribution in [1.29, 1.82) is 0 Å². The molecule has 7 nitrogen and oxygen atoms in total. The van der Waals surface area contributed by atoms with Gasteiger partial charge in [0.2, 0.25) is 10.9 Å².